The Labute approximate surface area is 122 Å². The Hall–Kier alpha value is -1.25. The predicted molar refractivity (Wildman–Crippen MR) is 79.6 cm³/mol. The summed E-state index contributed by atoms with van der Waals surface area (Å²) in [6.07, 6.45) is 0. The lowest BCUT2D eigenvalue weighted by Gasteiger charge is -2.18. The molecule has 0 bridgehead atoms. The molecule has 0 spiro atoms. The van der Waals surface area contributed by atoms with Crippen LogP contribution in [0, 0.1) is 12.7 Å². The maximum Gasteiger partial charge on any atom is 0.146 e. The summed E-state index contributed by atoms with van der Waals surface area (Å²) in [6.45, 7) is 3.83. The number of anilines is 1. The van der Waals surface area contributed by atoms with Gasteiger partial charge in [-0.25, -0.2) is 4.39 Å². The first-order valence-electron chi connectivity index (χ1n) is 5.95. The Morgan fingerprint density at radius 2 is 1.89 bits per heavy atom. The topological polar surface area (TPSA) is 12.0 Å². The molecule has 1 N–H and O–H groups in total. The molecule has 0 heterocycles. The summed E-state index contributed by atoms with van der Waals surface area (Å²) >= 11 is 12.1. The Kier molecular flexibility index (Phi) is 4.33. The Balaban J connectivity index is 2.28. The van der Waals surface area contributed by atoms with E-state index in [0.717, 1.165) is 11.1 Å². The highest BCUT2D eigenvalue weighted by molar-refractivity contribution is 6.42. The van der Waals surface area contributed by atoms with Gasteiger partial charge in [0.05, 0.1) is 21.8 Å². The van der Waals surface area contributed by atoms with Crippen LogP contribution in [0.5, 0.6) is 0 Å². The van der Waals surface area contributed by atoms with Crippen molar-refractivity contribution < 1.29 is 4.39 Å². The van der Waals surface area contributed by atoms with Crippen LogP contribution < -0.4 is 5.32 Å². The van der Waals surface area contributed by atoms with Crippen molar-refractivity contribution in [1.82, 2.24) is 0 Å². The van der Waals surface area contributed by atoms with Crippen LogP contribution >= 0.6 is 23.2 Å². The van der Waals surface area contributed by atoms with E-state index in [1.54, 1.807) is 18.2 Å². The van der Waals surface area contributed by atoms with Gasteiger partial charge in [-0.1, -0.05) is 41.4 Å². The van der Waals surface area contributed by atoms with Crippen LogP contribution in [0.25, 0.3) is 0 Å². The summed E-state index contributed by atoms with van der Waals surface area (Å²) in [5.74, 6) is -0.282. The zero-order valence-electron chi connectivity index (χ0n) is 10.7. The van der Waals surface area contributed by atoms with E-state index in [1.165, 1.54) is 6.07 Å². The standard InChI is InChI=1S/C15H14Cl2FN/c1-9-6-7-13(18)14(8-9)19-10(2)11-4-3-5-12(16)15(11)17/h3-8,10,19H,1-2H3. The number of halogens is 3. The normalized spacial score (nSPS) is 12.3. The van der Waals surface area contributed by atoms with E-state index in [4.69, 9.17) is 23.2 Å². The predicted octanol–water partition coefficient (Wildman–Crippen LogP) is 5.61. The van der Waals surface area contributed by atoms with E-state index in [1.807, 2.05) is 26.0 Å². The molecule has 1 unspecified atom stereocenters. The van der Waals surface area contributed by atoms with Crippen molar-refractivity contribution in [2.75, 3.05) is 5.32 Å². The fourth-order valence-electron chi connectivity index (χ4n) is 1.92. The Morgan fingerprint density at radius 1 is 1.16 bits per heavy atom. The fraction of sp³-hybridized carbons (Fsp3) is 0.200. The molecule has 100 valence electrons. The molecule has 2 aromatic rings. The molecule has 0 aliphatic heterocycles. The lowest BCUT2D eigenvalue weighted by molar-refractivity contribution is 0.627. The highest BCUT2D eigenvalue weighted by Crippen LogP contribution is 2.32. The first-order valence-corrected chi connectivity index (χ1v) is 6.71. The van der Waals surface area contributed by atoms with Gasteiger partial charge in [-0.05, 0) is 43.2 Å². The highest BCUT2D eigenvalue weighted by atomic mass is 35.5. The van der Waals surface area contributed by atoms with Gasteiger partial charge in [-0.15, -0.1) is 0 Å². The van der Waals surface area contributed by atoms with Gasteiger partial charge in [0.1, 0.15) is 5.82 Å². The van der Waals surface area contributed by atoms with E-state index >= 15 is 0 Å². The van der Waals surface area contributed by atoms with Crippen LogP contribution in [0.4, 0.5) is 10.1 Å². The third-order valence-corrected chi connectivity index (χ3v) is 3.78. The van der Waals surface area contributed by atoms with Gasteiger partial charge in [-0.2, -0.15) is 0 Å². The maximum absolute atomic E-state index is 13.7. The van der Waals surface area contributed by atoms with Crippen molar-refractivity contribution in [3.8, 4) is 0 Å². The van der Waals surface area contributed by atoms with Gasteiger partial charge in [-0.3, -0.25) is 0 Å². The number of hydrogen-bond donors (Lipinski definition) is 1. The fourth-order valence-corrected chi connectivity index (χ4v) is 2.39. The first kappa shape index (κ1) is 14.2. The van der Waals surface area contributed by atoms with E-state index in [2.05, 4.69) is 5.32 Å². The molecule has 0 saturated heterocycles. The van der Waals surface area contributed by atoms with Gasteiger partial charge >= 0.3 is 0 Å². The number of hydrogen-bond acceptors (Lipinski definition) is 1. The summed E-state index contributed by atoms with van der Waals surface area (Å²) < 4.78 is 13.7. The smallest absolute Gasteiger partial charge is 0.146 e. The van der Waals surface area contributed by atoms with Crippen LogP contribution in [0.3, 0.4) is 0 Å². The zero-order valence-corrected chi connectivity index (χ0v) is 12.2. The van der Waals surface area contributed by atoms with E-state index in [-0.39, 0.29) is 11.9 Å². The molecule has 1 nitrogen and oxygen atoms in total. The van der Waals surface area contributed by atoms with Crippen LogP contribution in [0.2, 0.25) is 10.0 Å². The molecule has 2 aromatic carbocycles. The minimum atomic E-state index is -0.282. The van der Waals surface area contributed by atoms with Crippen LogP contribution in [0.1, 0.15) is 24.1 Å². The highest BCUT2D eigenvalue weighted by Gasteiger charge is 2.13. The molecule has 0 saturated carbocycles. The van der Waals surface area contributed by atoms with E-state index in [9.17, 15) is 4.39 Å². The average molecular weight is 298 g/mol. The second kappa shape index (κ2) is 5.81. The lowest BCUT2D eigenvalue weighted by atomic mass is 10.1. The molecular formula is C15H14Cl2FN. The summed E-state index contributed by atoms with van der Waals surface area (Å²) in [7, 11) is 0. The van der Waals surface area contributed by atoms with Gasteiger partial charge in [0, 0.05) is 0 Å². The van der Waals surface area contributed by atoms with Gasteiger partial charge in [0.25, 0.3) is 0 Å². The number of aryl methyl sites for hydroxylation is 1. The van der Waals surface area contributed by atoms with Crippen molar-refractivity contribution in [2.24, 2.45) is 0 Å². The third-order valence-electron chi connectivity index (χ3n) is 2.94. The van der Waals surface area contributed by atoms with Crippen LogP contribution in [-0.2, 0) is 0 Å². The number of nitrogens with one attached hydrogen (secondary N) is 1. The summed E-state index contributed by atoms with van der Waals surface area (Å²) in [5, 5.41) is 4.11. The lowest BCUT2D eigenvalue weighted by Crippen LogP contribution is -2.08. The molecule has 4 heteroatoms. The maximum atomic E-state index is 13.7. The first-order chi connectivity index (χ1) is 8.99. The molecule has 1 atom stereocenters. The second-order valence-corrected chi connectivity index (χ2v) is 5.28. The molecule has 19 heavy (non-hydrogen) atoms. The number of rotatable bonds is 3. The van der Waals surface area contributed by atoms with Crippen molar-refractivity contribution in [3.63, 3.8) is 0 Å². The van der Waals surface area contributed by atoms with Gasteiger partial charge in [0.15, 0.2) is 0 Å². The molecule has 0 amide bonds. The molecular weight excluding hydrogens is 284 g/mol. The summed E-state index contributed by atoms with van der Waals surface area (Å²) in [5.41, 5.74) is 2.30. The molecule has 0 aliphatic rings. The molecule has 0 radical (unpaired) electrons. The quantitative estimate of drug-likeness (QED) is 0.776. The van der Waals surface area contributed by atoms with E-state index in [0.29, 0.717) is 15.7 Å². The zero-order chi connectivity index (χ0) is 14.0. The second-order valence-electron chi connectivity index (χ2n) is 4.49. The summed E-state index contributed by atoms with van der Waals surface area (Å²) in [4.78, 5) is 0. The van der Waals surface area contributed by atoms with Gasteiger partial charge in [0.2, 0.25) is 0 Å². The third kappa shape index (κ3) is 3.20. The average Bonchev–Trinajstić information content (AvgIpc) is 2.37. The van der Waals surface area contributed by atoms with E-state index < -0.39 is 0 Å². The minimum absolute atomic E-state index is 0.137. The minimum Gasteiger partial charge on any atom is -0.376 e. The molecule has 2 rings (SSSR count). The van der Waals surface area contributed by atoms with Crippen molar-refractivity contribution in [1.29, 1.82) is 0 Å². The number of benzene rings is 2. The van der Waals surface area contributed by atoms with Crippen LogP contribution in [0.15, 0.2) is 36.4 Å². The van der Waals surface area contributed by atoms with Crippen molar-refractivity contribution in [2.45, 2.75) is 19.9 Å². The van der Waals surface area contributed by atoms with Crippen LogP contribution in [-0.4, -0.2) is 0 Å². The molecule has 0 aromatic heterocycles. The summed E-state index contributed by atoms with van der Waals surface area (Å²) in [6, 6.07) is 10.2. The van der Waals surface area contributed by atoms with Crippen molar-refractivity contribution in [3.05, 3.63) is 63.4 Å². The SMILES string of the molecule is Cc1ccc(F)c(NC(C)c2cccc(Cl)c2Cl)c1. The largest absolute Gasteiger partial charge is 0.376 e. The Bertz CT molecular complexity index is 599. The molecule has 0 fully saturated rings. The monoisotopic (exact) mass is 297 g/mol. The molecule has 0 aliphatic carbocycles. The van der Waals surface area contributed by atoms with Gasteiger partial charge < -0.3 is 5.32 Å². The Morgan fingerprint density at radius 3 is 2.63 bits per heavy atom. The van der Waals surface area contributed by atoms with Crippen molar-refractivity contribution >= 4 is 28.9 Å².